The molecule has 0 amide bonds. The molecule has 0 aliphatic rings. The van der Waals surface area contributed by atoms with Crippen LogP contribution in [-0.4, -0.2) is 21.0 Å². The minimum absolute atomic E-state index is 0.0897. The van der Waals surface area contributed by atoms with E-state index in [2.05, 4.69) is 15.1 Å². The van der Waals surface area contributed by atoms with E-state index in [1.165, 1.54) is 18.6 Å². The molecule has 0 saturated heterocycles. The Bertz CT molecular complexity index is 589. The van der Waals surface area contributed by atoms with Gasteiger partial charge in [-0.1, -0.05) is 16.8 Å². The lowest BCUT2D eigenvalue weighted by Gasteiger charge is -2.08. The molecular weight excluding hydrogens is 256 g/mol. The van der Waals surface area contributed by atoms with Gasteiger partial charge in [0.25, 0.3) is 0 Å². The molecule has 0 unspecified atom stereocenters. The van der Waals surface area contributed by atoms with E-state index in [4.69, 9.17) is 27.3 Å². The number of halogens is 1. The maximum absolute atomic E-state index is 8.67. The molecule has 2 aromatic rings. The third-order valence-electron chi connectivity index (χ3n) is 2.05. The van der Waals surface area contributed by atoms with Gasteiger partial charge in [-0.15, -0.1) is 0 Å². The number of ether oxygens (including phenoxy) is 1. The number of rotatable bonds is 3. The maximum atomic E-state index is 8.67. The molecule has 2 heterocycles. The normalized spacial score (nSPS) is 11.3. The summed E-state index contributed by atoms with van der Waals surface area (Å²) in [6.45, 7) is 0. The van der Waals surface area contributed by atoms with Crippen LogP contribution in [0.3, 0.4) is 0 Å². The summed E-state index contributed by atoms with van der Waals surface area (Å²) >= 11 is 5.79. The number of aromatic nitrogens is 2. The number of nitrogens with zero attached hydrogens (tertiary/aromatic N) is 3. The van der Waals surface area contributed by atoms with Gasteiger partial charge < -0.3 is 15.7 Å². The van der Waals surface area contributed by atoms with Crippen LogP contribution in [0.25, 0.3) is 0 Å². The third kappa shape index (κ3) is 2.67. The van der Waals surface area contributed by atoms with Crippen molar-refractivity contribution in [1.82, 2.24) is 9.97 Å². The summed E-state index contributed by atoms with van der Waals surface area (Å²) in [5.41, 5.74) is 5.89. The fourth-order valence-electron chi connectivity index (χ4n) is 1.28. The predicted octanol–water partition coefficient (Wildman–Crippen LogP) is 2.02. The second-order valence-corrected chi connectivity index (χ2v) is 3.72. The van der Waals surface area contributed by atoms with Gasteiger partial charge in [0, 0.05) is 18.5 Å². The van der Waals surface area contributed by atoms with Gasteiger partial charge in [0.15, 0.2) is 5.84 Å². The van der Waals surface area contributed by atoms with Crippen molar-refractivity contribution in [3.05, 3.63) is 47.4 Å². The molecule has 0 aliphatic heterocycles. The second kappa shape index (κ2) is 5.33. The molecule has 0 fully saturated rings. The largest absolute Gasteiger partial charge is 0.437 e. The Hall–Kier alpha value is -2.34. The van der Waals surface area contributed by atoms with Crippen LogP contribution in [0.1, 0.15) is 5.56 Å². The summed E-state index contributed by atoms with van der Waals surface area (Å²) in [6, 6.07) is 4.85. The molecule has 2 aromatic heterocycles. The monoisotopic (exact) mass is 264 g/mol. The smallest absolute Gasteiger partial charge is 0.230 e. The lowest BCUT2D eigenvalue weighted by molar-refractivity contribution is 0.318. The molecule has 3 N–H and O–H groups in total. The lowest BCUT2D eigenvalue weighted by atomic mass is 10.2. The lowest BCUT2D eigenvalue weighted by Crippen LogP contribution is -2.14. The van der Waals surface area contributed by atoms with Crippen LogP contribution < -0.4 is 10.5 Å². The molecule has 6 nitrogen and oxygen atoms in total. The Balaban J connectivity index is 2.35. The van der Waals surface area contributed by atoms with Gasteiger partial charge >= 0.3 is 0 Å². The highest BCUT2D eigenvalue weighted by Gasteiger charge is 2.10. The van der Waals surface area contributed by atoms with E-state index < -0.39 is 0 Å². The highest BCUT2D eigenvalue weighted by atomic mass is 35.5. The van der Waals surface area contributed by atoms with Crippen LogP contribution in [0, 0.1) is 0 Å². The van der Waals surface area contributed by atoms with Gasteiger partial charge in [-0.3, -0.25) is 4.98 Å². The number of amidine groups is 1. The average Bonchev–Trinajstić information content (AvgIpc) is 2.38. The fourth-order valence-corrected chi connectivity index (χ4v) is 1.44. The highest BCUT2D eigenvalue weighted by molar-refractivity contribution is 6.30. The average molecular weight is 265 g/mol. The zero-order valence-corrected chi connectivity index (χ0v) is 9.87. The van der Waals surface area contributed by atoms with Gasteiger partial charge in [0.05, 0.1) is 16.8 Å². The molecule has 0 spiro atoms. The first-order chi connectivity index (χ1) is 8.70. The highest BCUT2D eigenvalue weighted by Crippen LogP contribution is 2.23. The van der Waals surface area contributed by atoms with Crippen molar-refractivity contribution < 1.29 is 9.94 Å². The van der Waals surface area contributed by atoms with Crippen molar-refractivity contribution in [3.63, 3.8) is 0 Å². The molecule has 7 heteroatoms. The van der Waals surface area contributed by atoms with E-state index >= 15 is 0 Å². The first-order valence-corrected chi connectivity index (χ1v) is 5.30. The Morgan fingerprint density at radius 2 is 2.28 bits per heavy atom. The summed E-state index contributed by atoms with van der Waals surface area (Å²) in [4.78, 5) is 7.89. The van der Waals surface area contributed by atoms with Gasteiger partial charge in [0.2, 0.25) is 5.88 Å². The Morgan fingerprint density at radius 3 is 3.00 bits per heavy atom. The molecule has 0 saturated carbocycles. The van der Waals surface area contributed by atoms with Crippen molar-refractivity contribution in [2.24, 2.45) is 10.9 Å². The van der Waals surface area contributed by atoms with Crippen molar-refractivity contribution >= 4 is 17.4 Å². The molecule has 18 heavy (non-hydrogen) atoms. The maximum Gasteiger partial charge on any atom is 0.230 e. The fraction of sp³-hybridized carbons (Fsp3) is 0. The number of hydrogen-bond donors (Lipinski definition) is 2. The molecule has 2 rings (SSSR count). The van der Waals surface area contributed by atoms with Crippen LogP contribution in [0.4, 0.5) is 0 Å². The van der Waals surface area contributed by atoms with Crippen LogP contribution >= 0.6 is 11.6 Å². The van der Waals surface area contributed by atoms with Gasteiger partial charge in [-0.2, -0.15) is 0 Å². The van der Waals surface area contributed by atoms with Crippen molar-refractivity contribution in [3.8, 4) is 11.6 Å². The molecule has 0 aliphatic carbocycles. The quantitative estimate of drug-likeness (QED) is 0.383. The number of hydrogen-bond acceptors (Lipinski definition) is 5. The van der Waals surface area contributed by atoms with Crippen LogP contribution in [0.15, 0.2) is 41.9 Å². The topological polar surface area (TPSA) is 93.6 Å². The van der Waals surface area contributed by atoms with Crippen molar-refractivity contribution in [1.29, 1.82) is 0 Å². The van der Waals surface area contributed by atoms with Gasteiger partial charge in [-0.05, 0) is 12.1 Å². The Morgan fingerprint density at radius 1 is 1.44 bits per heavy atom. The number of nitrogens with two attached hydrogens (primary N) is 1. The van der Waals surface area contributed by atoms with Crippen molar-refractivity contribution in [2.75, 3.05) is 0 Å². The van der Waals surface area contributed by atoms with Crippen LogP contribution in [-0.2, 0) is 0 Å². The SMILES string of the molecule is N/C(=N/O)c1cccnc1Oc1cncc(Cl)c1. The molecule has 0 atom stereocenters. The molecule has 92 valence electrons. The summed E-state index contributed by atoms with van der Waals surface area (Å²) < 4.78 is 5.48. The molecule has 0 aromatic carbocycles. The van der Waals surface area contributed by atoms with E-state index in [1.807, 2.05) is 0 Å². The summed E-state index contributed by atoms with van der Waals surface area (Å²) in [6.07, 6.45) is 4.50. The minimum Gasteiger partial charge on any atom is -0.437 e. The first-order valence-electron chi connectivity index (χ1n) is 4.92. The number of pyridine rings is 2. The Kier molecular flexibility index (Phi) is 3.59. The van der Waals surface area contributed by atoms with E-state index in [9.17, 15) is 0 Å². The summed E-state index contributed by atoms with van der Waals surface area (Å²) in [7, 11) is 0. The van der Waals surface area contributed by atoms with Crippen LogP contribution in [0.2, 0.25) is 5.02 Å². The third-order valence-corrected chi connectivity index (χ3v) is 2.26. The predicted molar refractivity (Wildman–Crippen MR) is 66.1 cm³/mol. The molecular formula is C11H9ClN4O2. The zero-order chi connectivity index (χ0) is 13.0. The molecule has 0 bridgehead atoms. The second-order valence-electron chi connectivity index (χ2n) is 3.28. The number of oxime groups is 1. The van der Waals surface area contributed by atoms with Crippen LogP contribution in [0.5, 0.6) is 11.6 Å². The van der Waals surface area contributed by atoms with E-state index in [1.54, 1.807) is 18.2 Å². The first kappa shape index (κ1) is 12.1. The zero-order valence-electron chi connectivity index (χ0n) is 9.12. The van der Waals surface area contributed by atoms with Gasteiger partial charge in [-0.25, -0.2) is 4.98 Å². The van der Waals surface area contributed by atoms with Crippen molar-refractivity contribution in [2.45, 2.75) is 0 Å². The van der Waals surface area contributed by atoms with E-state index in [0.29, 0.717) is 16.3 Å². The van der Waals surface area contributed by atoms with Gasteiger partial charge in [0.1, 0.15) is 5.75 Å². The standard InChI is InChI=1S/C11H9ClN4O2/c12-7-4-8(6-14-5-7)18-11-9(10(13)16-17)2-1-3-15-11/h1-6,17H,(H2,13,16). The summed E-state index contributed by atoms with van der Waals surface area (Å²) in [5.74, 6) is 0.526. The molecule has 0 radical (unpaired) electrons. The Labute approximate surface area is 108 Å². The van der Waals surface area contributed by atoms with E-state index in [0.717, 1.165) is 0 Å². The van der Waals surface area contributed by atoms with E-state index in [-0.39, 0.29) is 11.7 Å². The summed E-state index contributed by atoms with van der Waals surface area (Å²) in [5, 5.41) is 12.0. The minimum atomic E-state index is -0.0897.